The van der Waals surface area contributed by atoms with Gasteiger partial charge in [0.25, 0.3) is 0 Å². The molecule has 0 radical (unpaired) electrons. The van der Waals surface area contributed by atoms with Gasteiger partial charge in [-0.25, -0.2) is 0 Å². The highest BCUT2D eigenvalue weighted by Crippen LogP contribution is 2.23. The molecule has 1 saturated heterocycles. The third kappa shape index (κ3) is 4.17. The molecule has 2 rings (SSSR count). The van der Waals surface area contributed by atoms with Crippen LogP contribution in [0.3, 0.4) is 0 Å². The lowest BCUT2D eigenvalue weighted by Gasteiger charge is -2.35. The van der Waals surface area contributed by atoms with Crippen molar-refractivity contribution < 1.29 is 4.79 Å². The van der Waals surface area contributed by atoms with Crippen LogP contribution < -0.4 is 0 Å². The van der Waals surface area contributed by atoms with E-state index in [1.165, 1.54) is 36.0 Å². The Balaban J connectivity index is 2.08. The second-order valence-electron chi connectivity index (χ2n) is 6.02. The van der Waals surface area contributed by atoms with Gasteiger partial charge >= 0.3 is 0 Å². The monoisotopic (exact) mass is 259 g/mol. The smallest absolute Gasteiger partial charge is 0.131 e. The molecule has 1 fully saturated rings. The Hall–Kier alpha value is -1.15. The van der Waals surface area contributed by atoms with Crippen LogP contribution in [-0.4, -0.2) is 23.3 Å². The number of ketones is 1. The molecule has 0 N–H and O–H groups in total. The second-order valence-corrected chi connectivity index (χ2v) is 6.02. The maximum atomic E-state index is 11.4. The SMILES string of the molecule is CC(=O)CC1CCCCN1Cc1cc(C)cc(C)c1. The van der Waals surface area contributed by atoms with Crippen molar-refractivity contribution in [1.82, 2.24) is 4.90 Å². The Kier molecular flexibility index (Phi) is 4.76. The fourth-order valence-electron chi connectivity index (χ4n) is 3.23. The molecule has 1 aromatic carbocycles. The van der Waals surface area contributed by atoms with Crippen molar-refractivity contribution in [2.75, 3.05) is 6.54 Å². The normalized spacial score (nSPS) is 20.5. The zero-order valence-corrected chi connectivity index (χ0v) is 12.4. The molecule has 1 aromatic rings. The molecule has 2 heteroatoms. The van der Waals surface area contributed by atoms with Gasteiger partial charge in [-0.2, -0.15) is 0 Å². The number of carbonyl (C=O) groups excluding carboxylic acids is 1. The topological polar surface area (TPSA) is 20.3 Å². The van der Waals surface area contributed by atoms with E-state index in [-0.39, 0.29) is 0 Å². The molecule has 0 saturated carbocycles. The third-order valence-corrected chi connectivity index (χ3v) is 3.94. The predicted molar refractivity (Wildman–Crippen MR) is 79.3 cm³/mol. The molecule has 1 aliphatic heterocycles. The molecule has 1 unspecified atom stereocenters. The summed E-state index contributed by atoms with van der Waals surface area (Å²) in [6, 6.07) is 7.21. The minimum atomic E-state index is 0.317. The maximum Gasteiger partial charge on any atom is 0.131 e. The molecule has 2 nitrogen and oxygen atoms in total. The first-order valence-corrected chi connectivity index (χ1v) is 7.35. The molecule has 0 amide bonds. The molecule has 19 heavy (non-hydrogen) atoms. The van der Waals surface area contributed by atoms with Crippen LogP contribution in [0.4, 0.5) is 0 Å². The summed E-state index contributed by atoms with van der Waals surface area (Å²) in [5, 5.41) is 0. The van der Waals surface area contributed by atoms with E-state index in [0.29, 0.717) is 18.2 Å². The van der Waals surface area contributed by atoms with Crippen molar-refractivity contribution in [2.45, 2.75) is 59.0 Å². The summed E-state index contributed by atoms with van der Waals surface area (Å²) in [5.41, 5.74) is 4.04. The molecule has 104 valence electrons. The standard InChI is InChI=1S/C17H25NO/c1-13-8-14(2)10-16(9-13)12-18-7-5-4-6-17(18)11-15(3)19/h8-10,17H,4-7,11-12H2,1-3H3. The van der Waals surface area contributed by atoms with E-state index < -0.39 is 0 Å². The summed E-state index contributed by atoms with van der Waals surface area (Å²) in [7, 11) is 0. The number of piperidine rings is 1. The summed E-state index contributed by atoms with van der Waals surface area (Å²) < 4.78 is 0. The number of Topliss-reactive ketones (excluding diaryl/α,β-unsaturated/α-hetero) is 1. The molecule has 0 spiro atoms. The number of carbonyl (C=O) groups is 1. The van der Waals surface area contributed by atoms with Gasteiger partial charge in [-0.1, -0.05) is 35.7 Å². The molecule has 0 bridgehead atoms. The van der Waals surface area contributed by atoms with Crippen LogP contribution in [0.2, 0.25) is 0 Å². The number of likely N-dealkylation sites (tertiary alicyclic amines) is 1. The number of nitrogens with zero attached hydrogens (tertiary/aromatic N) is 1. The van der Waals surface area contributed by atoms with Crippen LogP contribution in [0.1, 0.15) is 49.3 Å². The lowest BCUT2D eigenvalue weighted by Crippen LogP contribution is -2.40. The fraction of sp³-hybridized carbons (Fsp3) is 0.588. The van der Waals surface area contributed by atoms with Gasteiger partial charge in [-0.05, 0) is 45.7 Å². The Labute approximate surface area is 116 Å². The Morgan fingerprint density at radius 2 is 1.89 bits per heavy atom. The summed E-state index contributed by atoms with van der Waals surface area (Å²) in [4.78, 5) is 13.9. The number of hydrogen-bond acceptors (Lipinski definition) is 2. The first-order chi connectivity index (χ1) is 9.04. The number of rotatable bonds is 4. The van der Waals surface area contributed by atoms with Gasteiger partial charge in [0.15, 0.2) is 0 Å². The van der Waals surface area contributed by atoms with E-state index in [0.717, 1.165) is 13.1 Å². The maximum absolute atomic E-state index is 11.4. The number of benzene rings is 1. The van der Waals surface area contributed by atoms with E-state index in [1.54, 1.807) is 6.92 Å². The van der Waals surface area contributed by atoms with Crippen LogP contribution >= 0.6 is 0 Å². The summed E-state index contributed by atoms with van der Waals surface area (Å²) >= 11 is 0. The molecular weight excluding hydrogens is 234 g/mol. The Morgan fingerprint density at radius 1 is 1.21 bits per heavy atom. The quantitative estimate of drug-likeness (QED) is 0.823. The minimum absolute atomic E-state index is 0.317. The predicted octanol–water partition coefficient (Wildman–Crippen LogP) is 3.64. The van der Waals surface area contributed by atoms with E-state index in [4.69, 9.17) is 0 Å². The highest BCUT2D eigenvalue weighted by atomic mass is 16.1. The van der Waals surface area contributed by atoms with Gasteiger partial charge in [0.05, 0.1) is 0 Å². The van der Waals surface area contributed by atoms with Crippen LogP contribution in [0.25, 0.3) is 0 Å². The second kappa shape index (κ2) is 6.33. The number of aryl methyl sites for hydroxylation is 2. The lowest BCUT2D eigenvalue weighted by atomic mass is 9.96. The van der Waals surface area contributed by atoms with Crippen molar-refractivity contribution in [2.24, 2.45) is 0 Å². The van der Waals surface area contributed by atoms with Crippen LogP contribution in [-0.2, 0) is 11.3 Å². The summed E-state index contributed by atoms with van der Waals surface area (Å²) in [6.45, 7) is 8.13. The Bertz CT molecular complexity index is 432. The fourth-order valence-corrected chi connectivity index (χ4v) is 3.23. The van der Waals surface area contributed by atoms with Crippen LogP contribution in [0.15, 0.2) is 18.2 Å². The largest absolute Gasteiger partial charge is 0.300 e. The highest BCUT2D eigenvalue weighted by Gasteiger charge is 2.23. The van der Waals surface area contributed by atoms with Crippen molar-refractivity contribution >= 4 is 5.78 Å². The first kappa shape index (κ1) is 14.3. The molecule has 1 heterocycles. The molecule has 0 aromatic heterocycles. The molecular formula is C17H25NO. The van der Waals surface area contributed by atoms with Gasteiger partial charge in [-0.15, -0.1) is 0 Å². The van der Waals surface area contributed by atoms with Crippen molar-refractivity contribution in [3.8, 4) is 0 Å². The minimum Gasteiger partial charge on any atom is -0.300 e. The van der Waals surface area contributed by atoms with Gasteiger partial charge in [0, 0.05) is 19.0 Å². The van der Waals surface area contributed by atoms with Crippen LogP contribution in [0.5, 0.6) is 0 Å². The van der Waals surface area contributed by atoms with Crippen LogP contribution in [0, 0.1) is 13.8 Å². The van der Waals surface area contributed by atoms with E-state index in [2.05, 4.69) is 36.9 Å². The van der Waals surface area contributed by atoms with E-state index in [9.17, 15) is 4.79 Å². The first-order valence-electron chi connectivity index (χ1n) is 7.35. The lowest BCUT2D eigenvalue weighted by molar-refractivity contribution is -0.118. The number of hydrogen-bond donors (Lipinski definition) is 0. The summed E-state index contributed by atoms with van der Waals surface area (Å²) in [5.74, 6) is 0.317. The zero-order chi connectivity index (χ0) is 13.8. The third-order valence-electron chi connectivity index (χ3n) is 3.94. The molecule has 0 aliphatic carbocycles. The summed E-state index contributed by atoms with van der Waals surface area (Å²) in [6.07, 6.45) is 4.41. The van der Waals surface area contributed by atoms with Crippen molar-refractivity contribution in [3.05, 3.63) is 34.9 Å². The van der Waals surface area contributed by atoms with E-state index >= 15 is 0 Å². The Morgan fingerprint density at radius 3 is 2.53 bits per heavy atom. The van der Waals surface area contributed by atoms with Crippen molar-refractivity contribution in [3.63, 3.8) is 0 Å². The van der Waals surface area contributed by atoms with Gasteiger partial charge in [-0.3, -0.25) is 9.69 Å². The average molecular weight is 259 g/mol. The van der Waals surface area contributed by atoms with Crippen molar-refractivity contribution in [1.29, 1.82) is 0 Å². The van der Waals surface area contributed by atoms with E-state index in [1.807, 2.05) is 0 Å². The van der Waals surface area contributed by atoms with Gasteiger partial charge in [0.2, 0.25) is 0 Å². The highest BCUT2D eigenvalue weighted by molar-refractivity contribution is 5.76. The molecule has 1 atom stereocenters. The molecule has 1 aliphatic rings. The average Bonchev–Trinajstić information content (AvgIpc) is 2.29. The van der Waals surface area contributed by atoms with Gasteiger partial charge in [0.1, 0.15) is 5.78 Å². The van der Waals surface area contributed by atoms with Gasteiger partial charge < -0.3 is 0 Å². The zero-order valence-electron chi connectivity index (χ0n) is 12.4.